The Hall–Kier alpha value is -3.22. The van der Waals surface area contributed by atoms with Crippen molar-refractivity contribution in [2.75, 3.05) is 23.3 Å². The van der Waals surface area contributed by atoms with E-state index in [1.165, 1.54) is 12.8 Å². The Kier molecular flexibility index (Phi) is 4.58. The lowest BCUT2D eigenvalue weighted by molar-refractivity contribution is 0.102. The molecule has 1 aliphatic rings. The number of amides is 1. The van der Waals surface area contributed by atoms with E-state index in [1.807, 2.05) is 32.0 Å². The maximum absolute atomic E-state index is 12.5. The molecule has 1 amide bonds. The van der Waals surface area contributed by atoms with E-state index in [2.05, 4.69) is 31.2 Å². The van der Waals surface area contributed by atoms with Crippen LogP contribution in [0.25, 0.3) is 5.82 Å². The predicted molar refractivity (Wildman–Crippen MR) is 104 cm³/mol. The van der Waals surface area contributed by atoms with Crippen molar-refractivity contribution in [3.05, 3.63) is 59.9 Å². The Morgan fingerprint density at radius 3 is 2.41 bits per heavy atom. The molecule has 0 spiro atoms. The average Bonchev–Trinajstić information content (AvgIpc) is 3.33. The molecular weight excluding hydrogens is 340 g/mol. The van der Waals surface area contributed by atoms with E-state index in [4.69, 9.17) is 0 Å². The van der Waals surface area contributed by atoms with Gasteiger partial charge < -0.3 is 10.2 Å². The molecule has 3 heterocycles. The lowest BCUT2D eigenvalue weighted by atomic mass is 10.1. The van der Waals surface area contributed by atoms with Gasteiger partial charge in [0.2, 0.25) is 0 Å². The van der Waals surface area contributed by atoms with Gasteiger partial charge in [0, 0.05) is 31.0 Å². The van der Waals surface area contributed by atoms with Crippen LogP contribution in [0.15, 0.2) is 43.1 Å². The number of aryl methyl sites for hydroxylation is 2. The molecule has 27 heavy (non-hydrogen) atoms. The minimum absolute atomic E-state index is 0.243. The molecule has 0 unspecified atom stereocenters. The number of hydrogen-bond donors (Lipinski definition) is 1. The van der Waals surface area contributed by atoms with Crippen LogP contribution in [0.5, 0.6) is 0 Å². The summed E-state index contributed by atoms with van der Waals surface area (Å²) in [6.45, 7) is 6.04. The summed E-state index contributed by atoms with van der Waals surface area (Å²) >= 11 is 0. The maximum atomic E-state index is 12.5. The van der Waals surface area contributed by atoms with Crippen LogP contribution in [0.4, 0.5) is 11.5 Å². The molecule has 1 fully saturated rings. The molecule has 138 valence electrons. The van der Waals surface area contributed by atoms with Crippen molar-refractivity contribution in [1.82, 2.24) is 19.5 Å². The van der Waals surface area contributed by atoms with Gasteiger partial charge in [-0.3, -0.25) is 9.36 Å². The Morgan fingerprint density at radius 1 is 0.963 bits per heavy atom. The van der Waals surface area contributed by atoms with Crippen molar-refractivity contribution in [3.8, 4) is 5.82 Å². The molecule has 0 radical (unpaired) electrons. The van der Waals surface area contributed by atoms with Crippen LogP contribution in [-0.2, 0) is 0 Å². The van der Waals surface area contributed by atoms with E-state index < -0.39 is 0 Å². The highest BCUT2D eigenvalue weighted by molar-refractivity contribution is 6.02. The number of hydrogen-bond acceptors (Lipinski definition) is 5. The van der Waals surface area contributed by atoms with E-state index in [0.29, 0.717) is 11.5 Å². The summed E-state index contributed by atoms with van der Waals surface area (Å²) in [7, 11) is 0. The van der Waals surface area contributed by atoms with Crippen molar-refractivity contribution < 1.29 is 4.79 Å². The van der Waals surface area contributed by atoms with Crippen LogP contribution in [0.3, 0.4) is 0 Å². The molecule has 3 aromatic rings. The molecule has 0 atom stereocenters. The quantitative estimate of drug-likeness (QED) is 0.772. The number of nitrogens with zero attached hydrogens (tertiary/aromatic N) is 5. The minimum Gasteiger partial charge on any atom is -0.356 e. The minimum atomic E-state index is -0.243. The summed E-state index contributed by atoms with van der Waals surface area (Å²) in [6, 6.07) is 7.87. The first kappa shape index (κ1) is 17.2. The van der Waals surface area contributed by atoms with Gasteiger partial charge in [0.1, 0.15) is 30.0 Å². The van der Waals surface area contributed by atoms with Gasteiger partial charge in [-0.1, -0.05) is 6.07 Å². The third kappa shape index (κ3) is 3.81. The summed E-state index contributed by atoms with van der Waals surface area (Å²) in [5.41, 5.74) is 3.32. The summed E-state index contributed by atoms with van der Waals surface area (Å²) in [5, 5.41) is 2.91. The monoisotopic (exact) mass is 362 g/mol. The zero-order valence-corrected chi connectivity index (χ0v) is 15.5. The average molecular weight is 362 g/mol. The van der Waals surface area contributed by atoms with Crippen LogP contribution in [-0.4, -0.2) is 38.5 Å². The Bertz CT molecular complexity index is 954. The van der Waals surface area contributed by atoms with Gasteiger partial charge in [-0.2, -0.15) is 0 Å². The Balaban J connectivity index is 1.52. The van der Waals surface area contributed by atoms with Crippen LogP contribution >= 0.6 is 0 Å². The molecule has 0 bridgehead atoms. The fourth-order valence-electron chi connectivity index (χ4n) is 3.40. The van der Waals surface area contributed by atoms with Crippen LogP contribution in [0.1, 0.15) is 34.5 Å². The Morgan fingerprint density at radius 2 is 1.67 bits per heavy atom. The van der Waals surface area contributed by atoms with Gasteiger partial charge in [0.15, 0.2) is 0 Å². The molecule has 1 N–H and O–H groups in total. The van der Waals surface area contributed by atoms with E-state index in [9.17, 15) is 4.79 Å². The van der Waals surface area contributed by atoms with Gasteiger partial charge in [0.05, 0.1) is 0 Å². The van der Waals surface area contributed by atoms with E-state index in [0.717, 1.165) is 35.7 Å². The lowest BCUT2D eigenvalue weighted by Gasteiger charge is -2.16. The van der Waals surface area contributed by atoms with Crippen LogP contribution in [0.2, 0.25) is 0 Å². The first-order chi connectivity index (χ1) is 13.1. The molecule has 1 aromatic carbocycles. The van der Waals surface area contributed by atoms with E-state index in [-0.39, 0.29) is 5.91 Å². The summed E-state index contributed by atoms with van der Waals surface area (Å²) in [5.74, 6) is 1.37. The largest absolute Gasteiger partial charge is 0.356 e. The smallest absolute Gasteiger partial charge is 0.275 e. The Labute approximate surface area is 158 Å². The maximum Gasteiger partial charge on any atom is 0.275 e. The lowest BCUT2D eigenvalue weighted by Crippen LogP contribution is -2.19. The van der Waals surface area contributed by atoms with Gasteiger partial charge in [-0.05, 0) is 49.9 Å². The van der Waals surface area contributed by atoms with E-state index in [1.54, 1.807) is 23.4 Å². The van der Waals surface area contributed by atoms with Crippen LogP contribution in [0, 0.1) is 13.8 Å². The fourth-order valence-corrected chi connectivity index (χ4v) is 3.40. The second-order valence-electron chi connectivity index (χ2n) is 6.93. The van der Waals surface area contributed by atoms with Crippen molar-refractivity contribution in [3.63, 3.8) is 0 Å². The predicted octanol–water partition coefficient (Wildman–Crippen LogP) is 3.13. The first-order valence-electron chi connectivity index (χ1n) is 9.09. The normalized spacial score (nSPS) is 13.8. The number of aromatic nitrogens is 4. The van der Waals surface area contributed by atoms with Crippen molar-refractivity contribution >= 4 is 17.4 Å². The van der Waals surface area contributed by atoms with Crippen molar-refractivity contribution in [2.24, 2.45) is 0 Å². The SMILES string of the molecule is Cc1cc(C)cc(NC(=O)c2cn(-c3cc(N4CCCC4)ncn3)cn2)c1. The second-order valence-corrected chi connectivity index (χ2v) is 6.93. The molecule has 2 aromatic heterocycles. The zero-order chi connectivity index (χ0) is 18.8. The molecule has 1 aliphatic heterocycles. The number of imidazole rings is 1. The van der Waals surface area contributed by atoms with Crippen molar-refractivity contribution in [1.29, 1.82) is 0 Å². The third-order valence-corrected chi connectivity index (χ3v) is 4.63. The molecule has 7 heteroatoms. The van der Waals surface area contributed by atoms with Crippen LogP contribution < -0.4 is 10.2 Å². The van der Waals surface area contributed by atoms with E-state index >= 15 is 0 Å². The number of rotatable bonds is 4. The topological polar surface area (TPSA) is 75.9 Å². The molecule has 0 saturated carbocycles. The molecule has 0 aliphatic carbocycles. The molecular formula is C20H22N6O. The summed E-state index contributed by atoms with van der Waals surface area (Å²) in [4.78, 5) is 27.7. The summed E-state index contributed by atoms with van der Waals surface area (Å²) < 4.78 is 1.75. The number of carbonyl (C=O) groups excluding carboxylic acids is 1. The number of nitrogens with one attached hydrogen (secondary N) is 1. The number of benzene rings is 1. The van der Waals surface area contributed by atoms with Gasteiger partial charge in [-0.15, -0.1) is 0 Å². The molecule has 7 nitrogen and oxygen atoms in total. The first-order valence-corrected chi connectivity index (χ1v) is 9.09. The third-order valence-electron chi connectivity index (χ3n) is 4.63. The molecule has 4 rings (SSSR count). The second kappa shape index (κ2) is 7.19. The van der Waals surface area contributed by atoms with Crippen molar-refractivity contribution in [2.45, 2.75) is 26.7 Å². The highest BCUT2D eigenvalue weighted by Gasteiger charge is 2.16. The fraction of sp³-hybridized carbons (Fsp3) is 0.300. The number of carbonyl (C=O) groups is 1. The van der Waals surface area contributed by atoms with Gasteiger partial charge >= 0.3 is 0 Å². The standard InChI is InChI=1S/C20H22N6O/c1-14-7-15(2)9-16(8-14)24-20(27)17-11-26(13-23-17)19-10-18(21-12-22-19)25-5-3-4-6-25/h7-13H,3-6H2,1-2H3,(H,24,27). The number of anilines is 2. The molecule has 1 saturated heterocycles. The zero-order valence-electron chi connectivity index (χ0n) is 15.5. The van der Waals surface area contributed by atoms with Gasteiger partial charge in [0.25, 0.3) is 5.91 Å². The highest BCUT2D eigenvalue weighted by atomic mass is 16.1. The van der Waals surface area contributed by atoms with Gasteiger partial charge in [-0.25, -0.2) is 15.0 Å². The summed E-state index contributed by atoms with van der Waals surface area (Å²) in [6.07, 6.45) is 7.22. The highest BCUT2D eigenvalue weighted by Crippen LogP contribution is 2.19.